The summed E-state index contributed by atoms with van der Waals surface area (Å²) in [6, 6.07) is 0. The van der Waals surface area contributed by atoms with E-state index in [1.54, 1.807) is 0 Å². The van der Waals surface area contributed by atoms with Crippen molar-refractivity contribution in [3.05, 3.63) is 0 Å². The fraction of sp³-hybridized carbons (Fsp3) is 1.00. The summed E-state index contributed by atoms with van der Waals surface area (Å²) in [6.07, 6.45) is 2.88. The summed E-state index contributed by atoms with van der Waals surface area (Å²) in [4.78, 5) is 0. The number of halogens is 2. The van der Waals surface area contributed by atoms with Crippen LogP contribution in [0.25, 0.3) is 0 Å². The molecular formula is C10H17BBr2. The summed E-state index contributed by atoms with van der Waals surface area (Å²) in [5.41, 5.74) is 0.620. The highest BCUT2D eigenvalue weighted by molar-refractivity contribution is 9.49. The van der Waals surface area contributed by atoms with Crippen molar-refractivity contribution in [1.29, 1.82) is 0 Å². The van der Waals surface area contributed by atoms with E-state index in [9.17, 15) is 0 Å². The van der Waals surface area contributed by atoms with Gasteiger partial charge in [0.25, 0.3) is 0 Å². The van der Waals surface area contributed by atoms with Gasteiger partial charge < -0.3 is 0 Å². The Labute approximate surface area is 98.3 Å². The molecule has 0 aromatic rings. The maximum absolute atomic E-state index is 3.71. The second kappa shape index (κ2) is 3.26. The zero-order valence-electron chi connectivity index (χ0n) is 8.56. The molecule has 4 atom stereocenters. The zero-order valence-corrected chi connectivity index (χ0v) is 11.7. The Balaban J connectivity index is 2.15. The molecule has 2 saturated carbocycles. The van der Waals surface area contributed by atoms with Crippen molar-refractivity contribution in [3.8, 4) is 0 Å². The third-order valence-corrected chi connectivity index (χ3v) is 5.66. The minimum Gasteiger partial charge on any atom is -0.139 e. The number of fused-ring (bicyclic) bond motifs is 1. The molecule has 2 rings (SSSR count). The second-order valence-electron chi connectivity index (χ2n) is 5.42. The van der Waals surface area contributed by atoms with E-state index in [2.05, 4.69) is 52.3 Å². The van der Waals surface area contributed by atoms with Crippen molar-refractivity contribution in [2.45, 2.75) is 39.4 Å². The lowest BCUT2D eigenvalue weighted by Crippen LogP contribution is -2.22. The third-order valence-electron chi connectivity index (χ3n) is 4.43. The Hall–Kier alpha value is 1.02. The van der Waals surface area contributed by atoms with Gasteiger partial charge in [0.2, 0.25) is 0 Å². The zero-order chi connectivity index (χ0) is 9.80. The van der Waals surface area contributed by atoms with Gasteiger partial charge in [-0.15, -0.1) is 31.5 Å². The van der Waals surface area contributed by atoms with Crippen molar-refractivity contribution in [2.75, 3.05) is 0 Å². The Morgan fingerprint density at radius 2 is 1.85 bits per heavy atom. The highest BCUT2D eigenvalue weighted by Gasteiger charge is 2.64. The first kappa shape index (κ1) is 10.5. The maximum atomic E-state index is 3.71. The Kier molecular flexibility index (Phi) is 2.65. The van der Waals surface area contributed by atoms with E-state index in [-0.39, 0.29) is 0 Å². The minimum absolute atomic E-state index is 0.518. The summed E-state index contributed by atoms with van der Waals surface area (Å²) in [5.74, 6) is 3.69. The quantitative estimate of drug-likeness (QED) is 0.632. The van der Waals surface area contributed by atoms with Crippen LogP contribution in [0.1, 0.15) is 33.6 Å². The van der Waals surface area contributed by atoms with E-state index in [1.165, 1.54) is 12.8 Å². The molecule has 0 radical (unpaired) electrons. The lowest BCUT2D eigenvalue weighted by atomic mass is 9.67. The fourth-order valence-corrected chi connectivity index (χ4v) is 5.20. The Bertz CT molecular complexity index is 215. The molecule has 0 saturated heterocycles. The number of hydrogen-bond acceptors (Lipinski definition) is 0. The van der Waals surface area contributed by atoms with E-state index in [1.807, 2.05) is 0 Å². The average Bonchev–Trinajstić information content (AvgIpc) is 2.53. The molecule has 0 spiro atoms. The van der Waals surface area contributed by atoms with Crippen molar-refractivity contribution in [1.82, 2.24) is 0 Å². The van der Waals surface area contributed by atoms with Crippen LogP contribution in [0.4, 0.5) is 0 Å². The predicted molar refractivity (Wildman–Crippen MR) is 66.5 cm³/mol. The summed E-state index contributed by atoms with van der Waals surface area (Å²) in [7, 11) is 0. The third kappa shape index (κ3) is 1.54. The monoisotopic (exact) mass is 306 g/mol. The molecule has 0 bridgehead atoms. The molecule has 0 aromatic heterocycles. The molecule has 0 amide bonds. The summed E-state index contributed by atoms with van der Waals surface area (Å²) in [5, 5.41) is 0. The van der Waals surface area contributed by atoms with Crippen molar-refractivity contribution in [3.63, 3.8) is 0 Å². The summed E-state index contributed by atoms with van der Waals surface area (Å²) < 4.78 is 0.518. The molecule has 74 valence electrons. The number of hydrogen-bond donors (Lipinski definition) is 0. The maximum Gasteiger partial charge on any atom is 0.302 e. The Morgan fingerprint density at radius 3 is 2.31 bits per heavy atom. The van der Waals surface area contributed by atoms with Gasteiger partial charge in [-0.2, -0.15) is 0 Å². The topological polar surface area (TPSA) is 0 Å². The molecular weight excluding hydrogens is 291 g/mol. The molecule has 0 aliphatic heterocycles. The van der Waals surface area contributed by atoms with Gasteiger partial charge in [0.1, 0.15) is 0 Å². The smallest absolute Gasteiger partial charge is 0.139 e. The van der Waals surface area contributed by atoms with E-state index < -0.39 is 0 Å². The van der Waals surface area contributed by atoms with Gasteiger partial charge in [-0.3, -0.25) is 0 Å². The molecule has 13 heavy (non-hydrogen) atoms. The first-order valence-electron chi connectivity index (χ1n) is 5.24. The van der Waals surface area contributed by atoms with E-state index in [0.717, 1.165) is 23.6 Å². The van der Waals surface area contributed by atoms with Crippen LogP contribution in [0, 0.1) is 23.2 Å². The predicted octanol–water partition coefficient (Wildman–Crippen LogP) is 4.34. The SMILES string of the molecule is C[C@H]1CC[C@@H]2[C@H]([C@@H]1B(Br)Br)C2(C)C. The molecule has 2 fully saturated rings. The fourth-order valence-electron chi connectivity index (χ4n) is 3.50. The van der Waals surface area contributed by atoms with E-state index in [4.69, 9.17) is 0 Å². The lowest BCUT2D eigenvalue weighted by molar-refractivity contribution is 0.367. The standard InChI is InChI=1S/C10H17BBr2/c1-6-4-5-7-8(10(7,2)3)9(6)11(12)13/h6-9H,4-5H2,1-3H3/t6-,7+,8+,9+/m0/s1. The largest absolute Gasteiger partial charge is 0.302 e. The Morgan fingerprint density at radius 1 is 1.23 bits per heavy atom. The molecule has 0 aromatic carbocycles. The van der Waals surface area contributed by atoms with Gasteiger partial charge in [0, 0.05) is 0 Å². The minimum atomic E-state index is 0.518. The van der Waals surface area contributed by atoms with Crippen LogP contribution in [0.5, 0.6) is 0 Å². The van der Waals surface area contributed by atoms with Gasteiger partial charge in [-0.1, -0.05) is 27.2 Å². The highest BCUT2D eigenvalue weighted by Crippen LogP contribution is 2.71. The van der Waals surface area contributed by atoms with Crippen LogP contribution in [0.3, 0.4) is 0 Å². The van der Waals surface area contributed by atoms with Crippen molar-refractivity contribution < 1.29 is 0 Å². The van der Waals surface area contributed by atoms with E-state index in [0.29, 0.717) is 9.78 Å². The molecule has 0 nitrogen and oxygen atoms in total. The first-order valence-corrected chi connectivity index (χ1v) is 7.07. The molecule has 0 heterocycles. The average molecular weight is 308 g/mol. The molecule has 3 heteroatoms. The van der Waals surface area contributed by atoms with Gasteiger partial charge in [0.05, 0.1) is 0 Å². The van der Waals surface area contributed by atoms with Crippen LogP contribution < -0.4 is 0 Å². The van der Waals surface area contributed by atoms with Gasteiger partial charge >= 0.3 is 4.36 Å². The first-order chi connectivity index (χ1) is 5.96. The normalized spacial score (nSPS) is 46.8. The molecule has 0 N–H and O–H groups in total. The lowest BCUT2D eigenvalue weighted by Gasteiger charge is -2.28. The number of rotatable bonds is 1. The summed E-state index contributed by atoms with van der Waals surface area (Å²) in [6.45, 7) is 7.29. The van der Waals surface area contributed by atoms with Crippen LogP contribution in [0.15, 0.2) is 0 Å². The second-order valence-corrected chi connectivity index (χ2v) is 8.62. The van der Waals surface area contributed by atoms with Gasteiger partial charge in [-0.05, 0) is 35.4 Å². The van der Waals surface area contributed by atoms with Crippen molar-refractivity contribution >= 4 is 35.9 Å². The molecule has 2 aliphatic rings. The van der Waals surface area contributed by atoms with Crippen LogP contribution in [-0.4, -0.2) is 4.36 Å². The van der Waals surface area contributed by atoms with Gasteiger partial charge in [0.15, 0.2) is 0 Å². The van der Waals surface area contributed by atoms with Crippen LogP contribution in [-0.2, 0) is 0 Å². The van der Waals surface area contributed by atoms with Crippen molar-refractivity contribution in [2.24, 2.45) is 23.2 Å². The van der Waals surface area contributed by atoms with Crippen LogP contribution in [0.2, 0.25) is 5.82 Å². The highest BCUT2D eigenvalue weighted by atomic mass is 79.9. The summed E-state index contributed by atoms with van der Waals surface area (Å²) >= 11 is 7.42. The van der Waals surface area contributed by atoms with E-state index >= 15 is 0 Å². The van der Waals surface area contributed by atoms with Crippen LogP contribution >= 0.6 is 31.5 Å². The molecule has 2 aliphatic carbocycles. The van der Waals surface area contributed by atoms with Gasteiger partial charge in [-0.25, -0.2) is 0 Å². The molecule has 0 unspecified atom stereocenters.